The average Bonchev–Trinajstić information content (AvgIpc) is 3.05. The number of rotatable bonds is 3. The van der Waals surface area contributed by atoms with Crippen LogP contribution >= 0.6 is 0 Å². The number of nitrogens with zero attached hydrogens (tertiary/aromatic N) is 1. The molecule has 2 fully saturated rings. The molecule has 18 heavy (non-hydrogen) atoms. The highest BCUT2D eigenvalue weighted by Gasteiger charge is 2.39. The van der Waals surface area contributed by atoms with Crippen LogP contribution in [0.3, 0.4) is 0 Å². The van der Waals surface area contributed by atoms with Crippen molar-refractivity contribution >= 4 is 5.91 Å². The predicted octanol–water partition coefficient (Wildman–Crippen LogP) is 3.46. The van der Waals surface area contributed by atoms with E-state index in [-0.39, 0.29) is 5.91 Å². The van der Waals surface area contributed by atoms with Crippen LogP contribution in [0.1, 0.15) is 56.0 Å². The van der Waals surface area contributed by atoms with Gasteiger partial charge in [0.2, 0.25) is 0 Å². The first kappa shape index (κ1) is 11.8. The number of furan rings is 1. The summed E-state index contributed by atoms with van der Waals surface area (Å²) in [6.45, 7) is 2.31. The van der Waals surface area contributed by atoms with E-state index in [0.717, 1.165) is 18.8 Å². The molecule has 3 heteroatoms. The molecule has 0 aromatic carbocycles. The fourth-order valence-electron chi connectivity index (χ4n) is 3.03. The van der Waals surface area contributed by atoms with Crippen molar-refractivity contribution < 1.29 is 9.21 Å². The minimum atomic E-state index is 0.0991. The van der Waals surface area contributed by atoms with Crippen molar-refractivity contribution in [2.45, 2.75) is 57.5 Å². The molecular formula is C15H21NO2. The molecule has 0 bridgehead atoms. The van der Waals surface area contributed by atoms with E-state index in [2.05, 4.69) is 11.8 Å². The van der Waals surface area contributed by atoms with Crippen molar-refractivity contribution in [3.05, 3.63) is 24.2 Å². The first-order valence-corrected chi connectivity index (χ1v) is 7.12. The molecular weight excluding hydrogens is 226 g/mol. The minimum absolute atomic E-state index is 0.0991. The minimum Gasteiger partial charge on any atom is -0.459 e. The number of carbonyl (C=O) groups is 1. The number of hydrogen-bond acceptors (Lipinski definition) is 2. The van der Waals surface area contributed by atoms with Crippen LogP contribution in [-0.2, 0) is 0 Å². The molecule has 2 aliphatic carbocycles. The van der Waals surface area contributed by atoms with Gasteiger partial charge >= 0.3 is 0 Å². The molecule has 1 heterocycles. The highest BCUT2D eigenvalue weighted by atomic mass is 16.3. The Hall–Kier alpha value is -1.25. The summed E-state index contributed by atoms with van der Waals surface area (Å²) in [5, 5.41) is 0. The van der Waals surface area contributed by atoms with Gasteiger partial charge in [0, 0.05) is 12.1 Å². The predicted molar refractivity (Wildman–Crippen MR) is 69.3 cm³/mol. The van der Waals surface area contributed by atoms with Crippen LogP contribution in [0, 0.1) is 5.92 Å². The topological polar surface area (TPSA) is 33.5 Å². The SMILES string of the molecule is CC1CCC(N(C(=O)c2ccco2)C2CC2)CC1. The molecule has 2 aliphatic rings. The molecule has 0 aliphatic heterocycles. The monoisotopic (exact) mass is 247 g/mol. The lowest BCUT2D eigenvalue weighted by molar-refractivity contribution is 0.0561. The Morgan fingerprint density at radius 1 is 1.17 bits per heavy atom. The Labute approximate surface area is 108 Å². The molecule has 3 rings (SSSR count). The Kier molecular flexibility index (Phi) is 3.14. The zero-order valence-electron chi connectivity index (χ0n) is 11.0. The summed E-state index contributed by atoms with van der Waals surface area (Å²) in [5.41, 5.74) is 0. The van der Waals surface area contributed by atoms with E-state index >= 15 is 0 Å². The standard InChI is InChI=1S/C15H21NO2/c1-11-4-6-12(7-5-11)16(13-8-9-13)15(17)14-3-2-10-18-14/h2-3,10-13H,4-9H2,1H3. The summed E-state index contributed by atoms with van der Waals surface area (Å²) in [4.78, 5) is 14.6. The largest absolute Gasteiger partial charge is 0.459 e. The summed E-state index contributed by atoms with van der Waals surface area (Å²) in [7, 11) is 0. The average molecular weight is 247 g/mol. The zero-order chi connectivity index (χ0) is 12.5. The highest BCUT2D eigenvalue weighted by Crippen LogP contribution is 2.36. The van der Waals surface area contributed by atoms with Crippen LogP contribution in [0.15, 0.2) is 22.8 Å². The van der Waals surface area contributed by atoms with Crippen molar-refractivity contribution in [2.75, 3.05) is 0 Å². The Morgan fingerprint density at radius 2 is 1.78 bits per heavy atom. The van der Waals surface area contributed by atoms with Crippen LogP contribution < -0.4 is 0 Å². The summed E-state index contributed by atoms with van der Waals surface area (Å²) in [6, 6.07) is 4.48. The molecule has 2 saturated carbocycles. The lowest BCUT2D eigenvalue weighted by Gasteiger charge is -2.36. The smallest absolute Gasteiger partial charge is 0.290 e. The van der Waals surface area contributed by atoms with Crippen molar-refractivity contribution in [3.8, 4) is 0 Å². The van der Waals surface area contributed by atoms with Gasteiger partial charge in [-0.3, -0.25) is 4.79 Å². The van der Waals surface area contributed by atoms with Gasteiger partial charge in [-0.2, -0.15) is 0 Å². The molecule has 0 radical (unpaired) electrons. The van der Waals surface area contributed by atoms with Crippen LogP contribution in [-0.4, -0.2) is 22.9 Å². The molecule has 1 amide bonds. The van der Waals surface area contributed by atoms with Crippen molar-refractivity contribution in [1.29, 1.82) is 0 Å². The van der Waals surface area contributed by atoms with E-state index in [4.69, 9.17) is 4.42 Å². The Balaban J connectivity index is 1.74. The van der Waals surface area contributed by atoms with Crippen molar-refractivity contribution in [3.63, 3.8) is 0 Å². The zero-order valence-corrected chi connectivity index (χ0v) is 11.0. The first-order chi connectivity index (χ1) is 8.75. The first-order valence-electron chi connectivity index (χ1n) is 7.12. The molecule has 1 aromatic heterocycles. The van der Waals surface area contributed by atoms with Gasteiger partial charge in [0.25, 0.3) is 5.91 Å². The molecule has 0 saturated heterocycles. The summed E-state index contributed by atoms with van der Waals surface area (Å²) in [5.74, 6) is 1.42. The van der Waals surface area contributed by atoms with Gasteiger partial charge in [0.05, 0.1) is 6.26 Å². The number of carbonyl (C=O) groups excluding carboxylic acids is 1. The molecule has 0 atom stereocenters. The third-order valence-electron chi connectivity index (χ3n) is 4.29. The summed E-state index contributed by atoms with van der Waals surface area (Å²) < 4.78 is 5.27. The van der Waals surface area contributed by atoms with Crippen molar-refractivity contribution in [2.24, 2.45) is 5.92 Å². The molecule has 1 aromatic rings. The maximum atomic E-state index is 12.5. The van der Waals surface area contributed by atoms with Gasteiger partial charge in [0.15, 0.2) is 5.76 Å². The van der Waals surface area contributed by atoms with Gasteiger partial charge in [-0.25, -0.2) is 0 Å². The van der Waals surface area contributed by atoms with Gasteiger partial charge in [-0.05, 0) is 56.6 Å². The van der Waals surface area contributed by atoms with Gasteiger partial charge in [-0.15, -0.1) is 0 Å². The third-order valence-corrected chi connectivity index (χ3v) is 4.29. The van der Waals surface area contributed by atoms with E-state index in [9.17, 15) is 4.79 Å². The third kappa shape index (κ3) is 2.31. The van der Waals surface area contributed by atoms with E-state index in [0.29, 0.717) is 17.8 Å². The maximum Gasteiger partial charge on any atom is 0.290 e. The summed E-state index contributed by atoms with van der Waals surface area (Å²) in [6.07, 6.45) is 8.73. The lowest BCUT2D eigenvalue weighted by Crippen LogP contribution is -2.43. The van der Waals surface area contributed by atoms with E-state index in [1.54, 1.807) is 18.4 Å². The Bertz CT molecular complexity index is 400. The lowest BCUT2D eigenvalue weighted by atomic mass is 9.86. The second-order valence-corrected chi connectivity index (χ2v) is 5.83. The second kappa shape index (κ2) is 4.79. The number of hydrogen-bond donors (Lipinski definition) is 0. The van der Waals surface area contributed by atoms with Gasteiger partial charge in [-0.1, -0.05) is 6.92 Å². The highest BCUT2D eigenvalue weighted by molar-refractivity contribution is 5.92. The van der Waals surface area contributed by atoms with Crippen LogP contribution in [0.5, 0.6) is 0 Å². The van der Waals surface area contributed by atoms with Crippen LogP contribution in [0.4, 0.5) is 0 Å². The van der Waals surface area contributed by atoms with E-state index < -0.39 is 0 Å². The quantitative estimate of drug-likeness (QED) is 0.819. The van der Waals surface area contributed by atoms with Gasteiger partial charge < -0.3 is 9.32 Å². The van der Waals surface area contributed by atoms with Crippen LogP contribution in [0.25, 0.3) is 0 Å². The normalized spacial score (nSPS) is 28.1. The van der Waals surface area contributed by atoms with Crippen molar-refractivity contribution in [1.82, 2.24) is 4.90 Å². The molecule has 0 spiro atoms. The second-order valence-electron chi connectivity index (χ2n) is 5.83. The maximum absolute atomic E-state index is 12.5. The molecule has 98 valence electrons. The number of amides is 1. The fourth-order valence-corrected chi connectivity index (χ4v) is 3.03. The Morgan fingerprint density at radius 3 is 2.28 bits per heavy atom. The van der Waals surface area contributed by atoms with E-state index in [1.807, 2.05) is 0 Å². The molecule has 0 unspecified atom stereocenters. The summed E-state index contributed by atoms with van der Waals surface area (Å²) >= 11 is 0. The van der Waals surface area contributed by atoms with E-state index in [1.165, 1.54) is 25.7 Å². The fraction of sp³-hybridized carbons (Fsp3) is 0.667. The molecule has 3 nitrogen and oxygen atoms in total. The van der Waals surface area contributed by atoms with Crippen LogP contribution in [0.2, 0.25) is 0 Å². The molecule has 0 N–H and O–H groups in total. The van der Waals surface area contributed by atoms with Gasteiger partial charge in [0.1, 0.15) is 0 Å².